The maximum absolute atomic E-state index is 12.0. The monoisotopic (exact) mass is 269 g/mol. The summed E-state index contributed by atoms with van der Waals surface area (Å²) in [5, 5.41) is 0. The Labute approximate surface area is 114 Å². The van der Waals surface area contributed by atoms with Gasteiger partial charge in [-0.15, -0.1) is 0 Å². The first kappa shape index (κ1) is 14.3. The number of hydrogen-bond acceptors (Lipinski definition) is 4. The fourth-order valence-electron chi connectivity index (χ4n) is 2.71. The topological polar surface area (TPSA) is 55.8 Å². The summed E-state index contributed by atoms with van der Waals surface area (Å²) >= 11 is 0. The average molecular weight is 269 g/mol. The molecule has 0 radical (unpaired) electrons. The highest BCUT2D eigenvalue weighted by atomic mass is 16.6. The van der Waals surface area contributed by atoms with Crippen LogP contribution in [0, 0.1) is 5.41 Å². The van der Waals surface area contributed by atoms with Crippen molar-refractivity contribution in [2.24, 2.45) is 5.41 Å². The van der Waals surface area contributed by atoms with Crippen LogP contribution in [0.3, 0.4) is 0 Å². The number of amides is 1. The van der Waals surface area contributed by atoms with Crippen molar-refractivity contribution in [2.45, 2.75) is 45.6 Å². The smallest absolute Gasteiger partial charge is 0.410 e. The number of ether oxygens (including phenoxy) is 2. The van der Waals surface area contributed by atoms with Crippen molar-refractivity contribution in [1.82, 2.24) is 4.90 Å². The molecule has 2 saturated heterocycles. The van der Waals surface area contributed by atoms with Crippen LogP contribution < -0.4 is 0 Å². The molecule has 108 valence electrons. The Morgan fingerprint density at radius 3 is 2.47 bits per heavy atom. The third kappa shape index (κ3) is 3.69. The molecule has 2 heterocycles. The Balaban J connectivity index is 1.88. The van der Waals surface area contributed by atoms with Crippen molar-refractivity contribution < 1.29 is 19.1 Å². The second-order valence-corrected chi connectivity index (χ2v) is 6.68. The van der Waals surface area contributed by atoms with Crippen LogP contribution in [-0.2, 0) is 14.3 Å². The fraction of sp³-hybridized carbons (Fsp3) is 0.857. The standard InChI is InChI=1S/C14H23NO4/c1-13(2,3)19-12(17)15-6-4-14(5-7-15)8-11(16)9-18-10-14/h4-10H2,1-3H3. The van der Waals surface area contributed by atoms with Gasteiger partial charge < -0.3 is 14.4 Å². The van der Waals surface area contributed by atoms with Crippen LogP contribution in [0.4, 0.5) is 4.79 Å². The molecular formula is C14H23NO4. The summed E-state index contributed by atoms with van der Waals surface area (Å²) in [5.41, 5.74) is -0.510. The lowest BCUT2D eigenvalue weighted by Crippen LogP contribution is -2.49. The summed E-state index contributed by atoms with van der Waals surface area (Å²) in [6.45, 7) is 7.77. The van der Waals surface area contributed by atoms with E-state index in [4.69, 9.17) is 9.47 Å². The van der Waals surface area contributed by atoms with Gasteiger partial charge in [0.1, 0.15) is 12.2 Å². The molecule has 0 unspecified atom stereocenters. The highest BCUT2D eigenvalue weighted by Crippen LogP contribution is 2.38. The normalized spacial score (nSPS) is 23.5. The minimum absolute atomic E-state index is 0.0478. The predicted octanol–water partition coefficient (Wildman–Crippen LogP) is 1.99. The average Bonchev–Trinajstić information content (AvgIpc) is 2.27. The van der Waals surface area contributed by atoms with Crippen molar-refractivity contribution in [2.75, 3.05) is 26.3 Å². The lowest BCUT2D eigenvalue weighted by molar-refractivity contribution is -0.137. The van der Waals surface area contributed by atoms with Crippen LogP contribution in [0.25, 0.3) is 0 Å². The van der Waals surface area contributed by atoms with Gasteiger partial charge in [-0.1, -0.05) is 0 Å². The zero-order chi connectivity index (χ0) is 14.1. The van der Waals surface area contributed by atoms with Gasteiger partial charge in [0, 0.05) is 24.9 Å². The highest BCUT2D eigenvalue weighted by molar-refractivity contribution is 5.81. The molecule has 5 nitrogen and oxygen atoms in total. The maximum Gasteiger partial charge on any atom is 0.410 e. The summed E-state index contributed by atoms with van der Waals surface area (Å²) in [6, 6.07) is 0. The van der Waals surface area contributed by atoms with Crippen molar-refractivity contribution in [3.8, 4) is 0 Å². The Morgan fingerprint density at radius 2 is 1.95 bits per heavy atom. The third-order valence-corrected chi connectivity index (χ3v) is 3.72. The summed E-state index contributed by atoms with van der Waals surface area (Å²) < 4.78 is 10.7. The van der Waals surface area contributed by atoms with Gasteiger partial charge >= 0.3 is 6.09 Å². The van der Waals surface area contributed by atoms with E-state index in [1.165, 1.54) is 0 Å². The molecule has 0 aromatic rings. The molecule has 0 atom stereocenters. The molecule has 1 amide bonds. The van der Waals surface area contributed by atoms with Gasteiger partial charge in [-0.3, -0.25) is 4.79 Å². The summed E-state index contributed by atoms with van der Waals surface area (Å²) in [6.07, 6.45) is 1.97. The molecule has 0 aromatic carbocycles. The molecule has 2 rings (SSSR count). The van der Waals surface area contributed by atoms with Crippen molar-refractivity contribution in [1.29, 1.82) is 0 Å². The van der Waals surface area contributed by atoms with E-state index in [0.29, 0.717) is 26.1 Å². The van der Waals surface area contributed by atoms with Crippen LogP contribution >= 0.6 is 0 Å². The van der Waals surface area contributed by atoms with Crippen molar-refractivity contribution >= 4 is 11.9 Å². The number of likely N-dealkylation sites (tertiary alicyclic amines) is 1. The largest absolute Gasteiger partial charge is 0.444 e. The Bertz CT molecular complexity index is 364. The first-order valence-electron chi connectivity index (χ1n) is 6.87. The number of carbonyl (C=O) groups is 2. The quantitative estimate of drug-likeness (QED) is 0.675. The Kier molecular flexibility index (Phi) is 3.85. The molecule has 2 aliphatic heterocycles. The molecule has 0 aliphatic carbocycles. The molecule has 1 spiro atoms. The van der Waals surface area contributed by atoms with Crippen molar-refractivity contribution in [3.63, 3.8) is 0 Å². The number of hydrogen-bond donors (Lipinski definition) is 0. The molecule has 0 N–H and O–H groups in total. The second kappa shape index (κ2) is 5.12. The van der Waals surface area contributed by atoms with E-state index in [1.807, 2.05) is 20.8 Å². The van der Waals surface area contributed by atoms with Crippen LogP contribution in [0.1, 0.15) is 40.0 Å². The predicted molar refractivity (Wildman–Crippen MR) is 69.9 cm³/mol. The van der Waals surface area contributed by atoms with E-state index in [0.717, 1.165) is 12.8 Å². The lowest BCUT2D eigenvalue weighted by atomic mass is 9.74. The number of piperidine rings is 1. The van der Waals surface area contributed by atoms with E-state index in [-0.39, 0.29) is 23.9 Å². The SMILES string of the molecule is CC(C)(C)OC(=O)N1CCC2(CC1)COCC(=O)C2. The van der Waals surface area contributed by atoms with Gasteiger partial charge in [0.15, 0.2) is 5.78 Å². The van der Waals surface area contributed by atoms with Gasteiger partial charge in [0.05, 0.1) is 6.61 Å². The van der Waals surface area contributed by atoms with E-state index in [1.54, 1.807) is 4.90 Å². The molecule has 0 bridgehead atoms. The first-order chi connectivity index (χ1) is 8.80. The first-order valence-corrected chi connectivity index (χ1v) is 6.87. The zero-order valence-corrected chi connectivity index (χ0v) is 12.0. The fourth-order valence-corrected chi connectivity index (χ4v) is 2.71. The van der Waals surface area contributed by atoms with Crippen LogP contribution in [0.5, 0.6) is 0 Å². The van der Waals surface area contributed by atoms with Crippen LogP contribution in [0.15, 0.2) is 0 Å². The molecule has 19 heavy (non-hydrogen) atoms. The number of carbonyl (C=O) groups excluding carboxylic acids is 2. The van der Waals surface area contributed by atoms with E-state index >= 15 is 0 Å². The number of rotatable bonds is 0. The molecular weight excluding hydrogens is 246 g/mol. The van der Waals surface area contributed by atoms with E-state index in [2.05, 4.69) is 0 Å². The number of Topliss-reactive ketones (excluding diaryl/α,β-unsaturated/α-hetero) is 1. The summed E-state index contributed by atoms with van der Waals surface area (Å²) in [5.74, 6) is 0.178. The minimum atomic E-state index is -0.462. The van der Waals surface area contributed by atoms with Gasteiger partial charge in [-0.05, 0) is 33.6 Å². The van der Waals surface area contributed by atoms with Crippen molar-refractivity contribution in [3.05, 3.63) is 0 Å². The number of nitrogens with zero attached hydrogens (tertiary/aromatic N) is 1. The Hall–Kier alpha value is -1.10. The Morgan fingerprint density at radius 1 is 1.32 bits per heavy atom. The van der Waals surface area contributed by atoms with Crippen LogP contribution in [0.2, 0.25) is 0 Å². The second-order valence-electron chi connectivity index (χ2n) is 6.68. The van der Waals surface area contributed by atoms with Crippen LogP contribution in [-0.4, -0.2) is 48.7 Å². The zero-order valence-electron chi connectivity index (χ0n) is 12.0. The third-order valence-electron chi connectivity index (χ3n) is 3.72. The van der Waals surface area contributed by atoms with Gasteiger partial charge in [0.2, 0.25) is 0 Å². The van der Waals surface area contributed by atoms with Gasteiger partial charge in [-0.25, -0.2) is 4.79 Å². The highest BCUT2D eigenvalue weighted by Gasteiger charge is 2.40. The van der Waals surface area contributed by atoms with Gasteiger partial charge in [-0.2, -0.15) is 0 Å². The van der Waals surface area contributed by atoms with E-state index < -0.39 is 5.60 Å². The number of ketones is 1. The minimum Gasteiger partial charge on any atom is -0.444 e. The lowest BCUT2D eigenvalue weighted by Gasteiger charge is -2.43. The van der Waals surface area contributed by atoms with E-state index in [9.17, 15) is 9.59 Å². The molecule has 0 saturated carbocycles. The molecule has 0 aromatic heterocycles. The molecule has 5 heteroatoms. The summed E-state index contributed by atoms with van der Waals surface area (Å²) in [4.78, 5) is 25.2. The summed E-state index contributed by atoms with van der Waals surface area (Å²) in [7, 11) is 0. The maximum atomic E-state index is 12.0. The molecule has 2 aliphatic rings. The molecule has 2 fully saturated rings. The van der Waals surface area contributed by atoms with Gasteiger partial charge in [0.25, 0.3) is 0 Å².